The SMILES string of the molecule is CC(=O)O[C@H]1C(=O)O[C@H]2O[C@]34C(=O)O[C@@H]5[C@H](O)[C@@H](C(C)(C)C)[C@@]21[C@@]53[C@H](O)[C@@H]1OC(=O)[C@@H](C)[C@@]14O. The van der Waals surface area contributed by atoms with Gasteiger partial charge in [0.05, 0.1) is 17.4 Å². The van der Waals surface area contributed by atoms with Crippen molar-refractivity contribution in [3.8, 4) is 0 Å². The number of hydrogen-bond donors (Lipinski definition) is 3. The number of ether oxygens (including phenoxy) is 5. The average molecular weight is 482 g/mol. The summed E-state index contributed by atoms with van der Waals surface area (Å²) in [6.07, 6.45) is -9.68. The highest BCUT2D eigenvalue weighted by atomic mass is 16.8. The third-order valence-electron chi connectivity index (χ3n) is 9.21. The molecule has 34 heavy (non-hydrogen) atoms. The van der Waals surface area contributed by atoms with Gasteiger partial charge in [0.2, 0.25) is 18.0 Å². The van der Waals surface area contributed by atoms with Crippen molar-refractivity contribution >= 4 is 23.9 Å². The first-order valence-corrected chi connectivity index (χ1v) is 11.2. The topological polar surface area (TPSA) is 175 Å². The highest BCUT2D eigenvalue weighted by Crippen LogP contribution is 2.84. The Morgan fingerprint density at radius 1 is 1.03 bits per heavy atom. The molecular weight excluding hydrogens is 456 g/mol. The van der Waals surface area contributed by atoms with E-state index in [-0.39, 0.29) is 0 Å². The predicted octanol–water partition coefficient (Wildman–Crippen LogP) is -1.83. The van der Waals surface area contributed by atoms with Gasteiger partial charge in [-0.2, -0.15) is 0 Å². The highest BCUT2D eigenvalue weighted by Gasteiger charge is 3.05. The lowest BCUT2D eigenvalue weighted by Crippen LogP contribution is -2.67. The number of carbonyl (C=O) groups excluding carboxylic acids is 4. The molecule has 12 nitrogen and oxygen atoms in total. The van der Waals surface area contributed by atoms with Crippen LogP contribution >= 0.6 is 0 Å². The number of fused-ring (bicyclic) bond motifs is 1. The molecule has 4 saturated heterocycles. The largest absolute Gasteiger partial charge is 0.456 e. The van der Waals surface area contributed by atoms with Gasteiger partial charge in [-0.1, -0.05) is 20.8 Å². The van der Waals surface area contributed by atoms with Crippen molar-refractivity contribution in [1.29, 1.82) is 0 Å². The molecule has 0 aromatic heterocycles. The van der Waals surface area contributed by atoms with Gasteiger partial charge >= 0.3 is 23.9 Å². The van der Waals surface area contributed by atoms with Crippen molar-refractivity contribution in [2.45, 2.75) is 82.6 Å². The lowest BCUT2D eigenvalue weighted by Gasteiger charge is -2.47. The van der Waals surface area contributed by atoms with Crippen LogP contribution in [-0.4, -0.2) is 87.2 Å². The fourth-order valence-corrected chi connectivity index (χ4v) is 8.55. The zero-order chi connectivity index (χ0) is 25.0. The monoisotopic (exact) mass is 482 g/mol. The Morgan fingerprint density at radius 2 is 1.68 bits per heavy atom. The maximum absolute atomic E-state index is 13.6. The first-order valence-electron chi connectivity index (χ1n) is 11.2. The Balaban J connectivity index is 1.74. The fourth-order valence-electron chi connectivity index (χ4n) is 8.55. The molecule has 0 radical (unpaired) electrons. The summed E-state index contributed by atoms with van der Waals surface area (Å²) >= 11 is 0. The number of rotatable bonds is 1. The predicted molar refractivity (Wildman–Crippen MR) is 103 cm³/mol. The molecule has 0 amide bonds. The van der Waals surface area contributed by atoms with E-state index in [2.05, 4.69) is 0 Å². The van der Waals surface area contributed by atoms with Gasteiger partial charge in [-0.3, -0.25) is 9.59 Å². The summed E-state index contributed by atoms with van der Waals surface area (Å²) < 4.78 is 28.1. The Kier molecular flexibility index (Phi) is 3.75. The van der Waals surface area contributed by atoms with Gasteiger partial charge < -0.3 is 39.0 Å². The van der Waals surface area contributed by atoms with E-state index >= 15 is 0 Å². The van der Waals surface area contributed by atoms with Crippen LogP contribution in [0.5, 0.6) is 0 Å². The molecule has 6 aliphatic rings. The van der Waals surface area contributed by atoms with Gasteiger partial charge in [-0.25, -0.2) is 9.59 Å². The second-order valence-corrected chi connectivity index (χ2v) is 11.4. The van der Waals surface area contributed by atoms with Crippen LogP contribution in [0.1, 0.15) is 34.6 Å². The molecule has 0 bridgehead atoms. The van der Waals surface area contributed by atoms with Gasteiger partial charge in [-0.15, -0.1) is 0 Å². The van der Waals surface area contributed by atoms with Crippen LogP contribution in [0.15, 0.2) is 0 Å². The summed E-state index contributed by atoms with van der Waals surface area (Å²) in [5.74, 6) is -6.12. The van der Waals surface area contributed by atoms with Crippen molar-refractivity contribution in [3.05, 3.63) is 0 Å². The number of hydrogen-bond acceptors (Lipinski definition) is 12. The van der Waals surface area contributed by atoms with E-state index in [4.69, 9.17) is 23.7 Å². The quantitative estimate of drug-likeness (QED) is 0.282. The summed E-state index contributed by atoms with van der Waals surface area (Å²) in [5, 5.41) is 35.4. The molecule has 186 valence electrons. The van der Waals surface area contributed by atoms with Gasteiger partial charge in [0.25, 0.3) is 0 Å². The number of aliphatic hydroxyl groups is 3. The standard InChI is InChI=1S/C22H26O12/c1-6-14(26)31-12-10(25)20-11-8(24)9(18(3,4)5)19(20)13(30-7(2)23)15(27)33-17(19)34-22(20,16(28)32-11)21(6,12)29/h6,8-13,17,24-25,29H,1-5H3/t6-,8-,9+,10-,11-,12+,13+,17+,19+,20-,21-,22-/m1/s1. The number of esters is 4. The summed E-state index contributed by atoms with van der Waals surface area (Å²) in [4.78, 5) is 51.3. The minimum absolute atomic E-state index is 0.836. The Hall–Kier alpha value is -2.28. The van der Waals surface area contributed by atoms with E-state index in [1.165, 1.54) is 6.92 Å². The molecule has 2 spiro atoms. The fraction of sp³-hybridized carbons (Fsp3) is 0.818. The number of carbonyl (C=O) groups is 4. The van der Waals surface area contributed by atoms with Crippen LogP contribution < -0.4 is 0 Å². The first-order chi connectivity index (χ1) is 15.7. The molecule has 0 aromatic carbocycles. The lowest BCUT2D eigenvalue weighted by atomic mass is 9.51. The molecule has 6 rings (SSSR count). The molecule has 2 saturated carbocycles. The summed E-state index contributed by atoms with van der Waals surface area (Å²) in [5.41, 5.74) is -9.58. The molecule has 6 fully saturated rings. The van der Waals surface area contributed by atoms with Crippen molar-refractivity contribution in [2.24, 2.45) is 28.1 Å². The molecule has 4 aliphatic heterocycles. The molecule has 12 heteroatoms. The van der Waals surface area contributed by atoms with Crippen molar-refractivity contribution in [3.63, 3.8) is 0 Å². The van der Waals surface area contributed by atoms with E-state index in [0.29, 0.717) is 0 Å². The second-order valence-electron chi connectivity index (χ2n) is 11.4. The van der Waals surface area contributed by atoms with Gasteiger partial charge in [-0.05, 0) is 12.3 Å². The van der Waals surface area contributed by atoms with E-state index in [1.54, 1.807) is 20.8 Å². The van der Waals surface area contributed by atoms with Crippen molar-refractivity contribution < 1.29 is 58.2 Å². The van der Waals surface area contributed by atoms with Crippen LogP contribution in [-0.2, 0) is 42.9 Å². The molecule has 0 unspecified atom stereocenters. The summed E-state index contributed by atoms with van der Waals surface area (Å²) in [6.45, 7) is 7.70. The summed E-state index contributed by atoms with van der Waals surface area (Å²) in [6, 6.07) is 0. The maximum Gasteiger partial charge on any atom is 0.350 e. The molecular formula is C22H26O12. The molecule has 2 aliphatic carbocycles. The van der Waals surface area contributed by atoms with Gasteiger partial charge in [0.15, 0.2) is 11.7 Å². The number of aliphatic hydroxyl groups excluding tert-OH is 2. The van der Waals surface area contributed by atoms with E-state index < -0.39 is 100.0 Å². The third kappa shape index (κ3) is 1.71. The Bertz CT molecular complexity index is 1060. The Morgan fingerprint density at radius 3 is 2.26 bits per heavy atom. The van der Waals surface area contributed by atoms with Gasteiger partial charge in [0, 0.05) is 12.8 Å². The van der Waals surface area contributed by atoms with E-state index in [1.807, 2.05) is 0 Å². The van der Waals surface area contributed by atoms with Crippen LogP contribution in [0.2, 0.25) is 0 Å². The van der Waals surface area contributed by atoms with Crippen LogP contribution in [0, 0.1) is 28.1 Å². The minimum atomic E-state index is -2.44. The maximum atomic E-state index is 13.6. The zero-order valence-corrected chi connectivity index (χ0v) is 19.1. The average Bonchev–Trinajstić information content (AvgIpc) is 3.40. The third-order valence-corrected chi connectivity index (χ3v) is 9.21. The van der Waals surface area contributed by atoms with Crippen molar-refractivity contribution in [2.75, 3.05) is 0 Å². The smallest absolute Gasteiger partial charge is 0.350 e. The van der Waals surface area contributed by atoms with Crippen LogP contribution in [0.25, 0.3) is 0 Å². The van der Waals surface area contributed by atoms with E-state index in [9.17, 15) is 34.5 Å². The first kappa shape index (κ1) is 22.2. The summed E-state index contributed by atoms with van der Waals surface area (Å²) in [7, 11) is 0. The lowest BCUT2D eigenvalue weighted by molar-refractivity contribution is -0.240. The molecule has 4 heterocycles. The van der Waals surface area contributed by atoms with Crippen LogP contribution in [0.3, 0.4) is 0 Å². The highest BCUT2D eigenvalue weighted by molar-refractivity contribution is 5.94. The molecule has 12 atom stereocenters. The Labute approximate surface area is 193 Å². The van der Waals surface area contributed by atoms with E-state index in [0.717, 1.165) is 6.92 Å². The van der Waals surface area contributed by atoms with Crippen molar-refractivity contribution in [1.82, 2.24) is 0 Å². The molecule has 0 aromatic rings. The zero-order valence-electron chi connectivity index (χ0n) is 19.1. The normalized spacial score (nSPS) is 56.4. The minimum Gasteiger partial charge on any atom is -0.456 e. The van der Waals surface area contributed by atoms with Crippen LogP contribution in [0.4, 0.5) is 0 Å². The second kappa shape index (κ2) is 5.75. The molecule has 3 N–H and O–H groups in total. The van der Waals surface area contributed by atoms with Gasteiger partial charge in [0.1, 0.15) is 17.6 Å².